The molecule has 0 unspecified atom stereocenters. The van der Waals surface area contributed by atoms with Crippen molar-refractivity contribution in [1.82, 2.24) is 4.98 Å². The Balaban J connectivity index is 2.22. The standard InChI is InChI=1S/C14H16F3N/c1-2-10-3-5-11(6-4-10)12-9-18-8-7-13(12)14(15,16)17/h2,7-11H,1,3-6H2. The molecule has 18 heavy (non-hydrogen) atoms. The summed E-state index contributed by atoms with van der Waals surface area (Å²) >= 11 is 0. The summed E-state index contributed by atoms with van der Waals surface area (Å²) < 4.78 is 38.7. The van der Waals surface area contributed by atoms with Crippen molar-refractivity contribution in [2.24, 2.45) is 5.92 Å². The zero-order valence-electron chi connectivity index (χ0n) is 10.1. The Bertz CT molecular complexity index is 417. The van der Waals surface area contributed by atoms with E-state index in [1.165, 1.54) is 12.4 Å². The van der Waals surface area contributed by atoms with Crippen LogP contribution in [0.3, 0.4) is 0 Å². The number of nitrogens with zero attached hydrogens (tertiary/aromatic N) is 1. The molecule has 2 rings (SSSR count). The third-order valence-corrected chi connectivity index (χ3v) is 3.70. The van der Waals surface area contributed by atoms with Crippen molar-refractivity contribution >= 4 is 0 Å². The van der Waals surface area contributed by atoms with Crippen LogP contribution in [0.2, 0.25) is 0 Å². The van der Waals surface area contributed by atoms with Crippen LogP contribution in [-0.4, -0.2) is 4.98 Å². The average Bonchev–Trinajstić information content (AvgIpc) is 2.38. The molecule has 1 heterocycles. The summed E-state index contributed by atoms with van der Waals surface area (Å²) in [6.07, 6.45) is 3.61. The molecule has 0 spiro atoms. The van der Waals surface area contributed by atoms with Crippen molar-refractivity contribution in [1.29, 1.82) is 0 Å². The Hall–Kier alpha value is -1.32. The number of aromatic nitrogens is 1. The van der Waals surface area contributed by atoms with Gasteiger partial charge in [0.05, 0.1) is 5.56 Å². The van der Waals surface area contributed by atoms with Crippen LogP contribution in [0.15, 0.2) is 31.1 Å². The predicted octanol–water partition coefficient (Wildman–Crippen LogP) is 4.56. The second kappa shape index (κ2) is 5.12. The van der Waals surface area contributed by atoms with E-state index in [-0.39, 0.29) is 5.92 Å². The number of halogens is 3. The fourth-order valence-corrected chi connectivity index (χ4v) is 2.66. The molecule has 0 aliphatic heterocycles. The Morgan fingerprint density at radius 3 is 2.44 bits per heavy atom. The van der Waals surface area contributed by atoms with Crippen LogP contribution in [0.5, 0.6) is 0 Å². The SMILES string of the molecule is C=CC1CCC(c2cnccc2C(F)(F)F)CC1. The molecule has 1 aromatic rings. The molecule has 1 nitrogen and oxygen atoms in total. The quantitative estimate of drug-likeness (QED) is 0.706. The van der Waals surface area contributed by atoms with Gasteiger partial charge in [-0.05, 0) is 49.1 Å². The normalized spacial score (nSPS) is 24.8. The summed E-state index contributed by atoms with van der Waals surface area (Å²) in [6, 6.07) is 1.08. The molecule has 0 amide bonds. The Labute approximate surface area is 105 Å². The van der Waals surface area contributed by atoms with Crippen LogP contribution in [-0.2, 0) is 6.18 Å². The highest BCUT2D eigenvalue weighted by Crippen LogP contribution is 2.41. The van der Waals surface area contributed by atoms with Crippen LogP contribution in [0.25, 0.3) is 0 Å². The largest absolute Gasteiger partial charge is 0.416 e. The summed E-state index contributed by atoms with van der Waals surface area (Å²) in [7, 11) is 0. The second-order valence-electron chi connectivity index (χ2n) is 4.81. The maximum Gasteiger partial charge on any atom is 0.416 e. The molecule has 0 saturated heterocycles. The summed E-state index contributed by atoms with van der Waals surface area (Å²) in [5.41, 5.74) is -0.174. The van der Waals surface area contributed by atoms with Gasteiger partial charge >= 0.3 is 6.18 Å². The number of hydrogen-bond acceptors (Lipinski definition) is 1. The number of hydrogen-bond donors (Lipinski definition) is 0. The third-order valence-electron chi connectivity index (χ3n) is 3.70. The molecule has 1 aromatic heterocycles. The lowest BCUT2D eigenvalue weighted by Crippen LogP contribution is -2.17. The van der Waals surface area contributed by atoms with Gasteiger partial charge in [0, 0.05) is 12.4 Å². The second-order valence-corrected chi connectivity index (χ2v) is 4.81. The van der Waals surface area contributed by atoms with Crippen LogP contribution in [0.4, 0.5) is 13.2 Å². The fraction of sp³-hybridized carbons (Fsp3) is 0.500. The molecule has 1 aliphatic rings. The predicted molar refractivity (Wildman–Crippen MR) is 64.1 cm³/mol. The van der Waals surface area contributed by atoms with E-state index in [9.17, 15) is 13.2 Å². The first-order valence-corrected chi connectivity index (χ1v) is 6.16. The maximum absolute atomic E-state index is 12.9. The minimum absolute atomic E-state index is 0.0217. The summed E-state index contributed by atoms with van der Waals surface area (Å²) in [5.74, 6) is 0.429. The van der Waals surface area contributed by atoms with Crippen molar-refractivity contribution in [3.63, 3.8) is 0 Å². The highest BCUT2D eigenvalue weighted by molar-refractivity contribution is 5.30. The van der Waals surface area contributed by atoms with Gasteiger partial charge in [0.15, 0.2) is 0 Å². The van der Waals surface area contributed by atoms with Crippen molar-refractivity contribution in [2.75, 3.05) is 0 Å². The van der Waals surface area contributed by atoms with Gasteiger partial charge in [0.25, 0.3) is 0 Å². The van der Waals surface area contributed by atoms with Gasteiger partial charge in [0.2, 0.25) is 0 Å². The molecule has 0 aromatic carbocycles. The van der Waals surface area contributed by atoms with Gasteiger partial charge < -0.3 is 0 Å². The van der Waals surface area contributed by atoms with E-state index in [1.807, 2.05) is 6.08 Å². The van der Waals surface area contributed by atoms with E-state index < -0.39 is 11.7 Å². The molecule has 4 heteroatoms. The summed E-state index contributed by atoms with van der Waals surface area (Å²) in [4.78, 5) is 3.85. The van der Waals surface area contributed by atoms with Crippen LogP contribution >= 0.6 is 0 Å². The highest BCUT2D eigenvalue weighted by atomic mass is 19.4. The van der Waals surface area contributed by atoms with E-state index in [0.29, 0.717) is 11.5 Å². The first-order chi connectivity index (χ1) is 8.52. The maximum atomic E-state index is 12.9. The molecule has 98 valence electrons. The molecular formula is C14H16F3N. The lowest BCUT2D eigenvalue weighted by Gasteiger charge is -2.28. The first kappa shape index (κ1) is 13.1. The fourth-order valence-electron chi connectivity index (χ4n) is 2.66. The zero-order valence-corrected chi connectivity index (χ0v) is 10.1. The van der Waals surface area contributed by atoms with Crippen LogP contribution in [0.1, 0.15) is 42.7 Å². The van der Waals surface area contributed by atoms with Crippen molar-refractivity contribution in [3.8, 4) is 0 Å². The van der Waals surface area contributed by atoms with E-state index in [0.717, 1.165) is 31.7 Å². The molecule has 0 N–H and O–H groups in total. The molecule has 0 atom stereocenters. The number of pyridine rings is 1. The first-order valence-electron chi connectivity index (χ1n) is 6.16. The summed E-state index contributed by atoms with van der Waals surface area (Å²) in [5, 5.41) is 0. The van der Waals surface area contributed by atoms with Gasteiger partial charge in [-0.2, -0.15) is 13.2 Å². The van der Waals surface area contributed by atoms with Gasteiger partial charge in [-0.1, -0.05) is 6.08 Å². The van der Waals surface area contributed by atoms with Crippen molar-refractivity contribution in [3.05, 3.63) is 42.2 Å². The van der Waals surface area contributed by atoms with Crippen LogP contribution in [0, 0.1) is 5.92 Å². The highest BCUT2D eigenvalue weighted by Gasteiger charge is 2.35. The van der Waals surface area contributed by atoms with E-state index in [2.05, 4.69) is 11.6 Å². The minimum atomic E-state index is -4.28. The van der Waals surface area contributed by atoms with E-state index in [1.54, 1.807) is 0 Å². The number of rotatable bonds is 2. The van der Waals surface area contributed by atoms with Crippen LogP contribution < -0.4 is 0 Å². The van der Waals surface area contributed by atoms with Gasteiger partial charge in [-0.15, -0.1) is 6.58 Å². The molecular weight excluding hydrogens is 239 g/mol. The lowest BCUT2D eigenvalue weighted by molar-refractivity contribution is -0.138. The Morgan fingerprint density at radius 1 is 1.22 bits per heavy atom. The Kier molecular flexibility index (Phi) is 3.73. The third kappa shape index (κ3) is 2.74. The zero-order chi connectivity index (χ0) is 13.2. The topological polar surface area (TPSA) is 12.9 Å². The van der Waals surface area contributed by atoms with E-state index >= 15 is 0 Å². The monoisotopic (exact) mass is 255 g/mol. The molecule has 1 fully saturated rings. The van der Waals surface area contributed by atoms with Gasteiger partial charge in [-0.25, -0.2) is 0 Å². The molecule has 0 radical (unpaired) electrons. The average molecular weight is 255 g/mol. The molecule has 1 aliphatic carbocycles. The Morgan fingerprint density at radius 2 is 1.89 bits per heavy atom. The lowest BCUT2D eigenvalue weighted by atomic mass is 9.78. The van der Waals surface area contributed by atoms with Gasteiger partial charge in [0.1, 0.15) is 0 Å². The smallest absolute Gasteiger partial charge is 0.264 e. The summed E-state index contributed by atoms with van der Waals surface area (Å²) in [6.45, 7) is 3.75. The van der Waals surface area contributed by atoms with Gasteiger partial charge in [-0.3, -0.25) is 4.98 Å². The minimum Gasteiger partial charge on any atom is -0.264 e. The number of allylic oxidation sites excluding steroid dienone is 1. The number of alkyl halides is 3. The van der Waals surface area contributed by atoms with E-state index in [4.69, 9.17) is 0 Å². The van der Waals surface area contributed by atoms with Crippen molar-refractivity contribution < 1.29 is 13.2 Å². The molecule has 0 bridgehead atoms. The molecule has 1 saturated carbocycles. The van der Waals surface area contributed by atoms with Crippen molar-refractivity contribution in [2.45, 2.75) is 37.8 Å².